The molecule has 0 fully saturated rings. The first-order valence-electron chi connectivity index (χ1n) is 5.95. The minimum absolute atomic E-state index is 0.0119. The fraction of sp³-hybridized carbons (Fsp3) is 0.455. The van der Waals surface area contributed by atoms with E-state index in [1.807, 2.05) is 14.0 Å². The standard InChI is InChI=1S/C11H16N4O3S2/c1-7-4-11(19-9(7)5-12-3)20(16,17)13-6-10-14-8(2)18-15-10/h4,12-13H,5-6H2,1-3H3. The molecule has 0 unspecified atom stereocenters. The van der Waals surface area contributed by atoms with Gasteiger partial charge in [-0.3, -0.25) is 0 Å². The van der Waals surface area contributed by atoms with Crippen molar-refractivity contribution in [2.24, 2.45) is 0 Å². The van der Waals surface area contributed by atoms with Gasteiger partial charge in [0, 0.05) is 18.3 Å². The Balaban J connectivity index is 2.11. The lowest BCUT2D eigenvalue weighted by Crippen LogP contribution is -2.23. The second kappa shape index (κ2) is 6.00. The molecule has 110 valence electrons. The number of rotatable bonds is 6. The zero-order valence-electron chi connectivity index (χ0n) is 11.4. The number of aromatic nitrogens is 2. The molecule has 7 nitrogen and oxygen atoms in total. The van der Waals surface area contributed by atoms with E-state index in [2.05, 4.69) is 20.2 Å². The van der Waals surface area contributed by atoms with Crippen molar-refractivity contribution in [3.63, 3.8) is 0 Å². The highest BCUT2D eigenvalue weighted by Crippen LogP contribution is 2.25. The van der Waals surface area contributed by atoms with Crippen molar-refractivity contribution in [3.8, 4) is 0 Å². The summed E-state index contributed by atoms with van der Waals surface area (Å²) in [5.74, 6) is 0.720. The first kappa shape index (κ1) is 15.1. The van der Waals surface area contributed by atoms with E-state index in [9.17, 15) is 8.42 Å². The van der Waals surface area contributed by atoms with Crippen LogP contribution in [0.25, 0.3) is 0 Å². The average Bonchev–Trinajstić information content (AvgIpc) is 2.95. The molecule has 0 saturated carbocycles. The number of thiophene rings is 1. The maximum Gasteiger partial charge on any atom is 0.250 e. The van der Waals surface area contributed by atoms with Crippen molar-refractivity contribution in [2.75, 3.05) is 7.05 Å². The largest absolute Gasteiger partial charge is 0.340 e. The summed E-state index contributed by atoms with van der Waals surface area (Å²) < 4.78 is 31.9. The number of nitrogens with zero attached hydrogens (tertiary/aromatic N) is 2. The fourth-order valence-corrected chi connectivity index (χ4v) is 4.23. The van der Waals surface area contributed by atoms with Crippen LogP contribution >= 0.6 is 11.3 Å². The van der Waals surface area contributed by atoms with Crippen molar-refractivity contribution >= 4 is 21.4 Å². The molecule has 0 bridgehead atoms. The normalized spacial score (nSPS) is 11.9. The third-order valence-electron chi connectivity index (χ3n) is 2.59. The summed E-state index contributed by atoms with van der Waals surface area (Å²) in [4.78, 5) is 4.95. The third-order valence-corrected chi connectivity index (χ3v) is 5.70. The van der Waals surface area contributed by atoms with E-state index in [0.29, 0.717) is 22.5 Å². The van der Waals surface area contributed by atoms with Crippen LogP contribution in [-0.2, 0) is 23.1 Å². The molecular weight excluding hydrogens is 300 g/mol. The Labute approximate surface area is 121 Å². The number of aryl methyl sites for hydroxylation is 2. The summed E-state index contributed by atoms with van der Waals surface area (Å²) in [6.07, 6.45) is 0. The maximum absolute atomic E-state index is 12.2. The lowest BCUT2D eigenvalue weighted by molar-refractivity contribution is 0.387. The van der Waals surface area contributed by atoms with Crippen molar-refractivity contribution in [1.82, 2.24) is 20.2 Å². The number of sulfonamides is 1. The molecule has 0 spiro atoms. The second-order valence-corrected chi connectivity index (χ2v) is 7.39. The zero-order valence-corrected chi connectivity index (χ0v) is 13.1. The van der Waals surface area contributed by atoms with E-state index in [1.54, 1.807) is 13.0 Å². The summed E-state index contributed by atoms with van der Waals surface area (Å²) in [5.41, 5.74) is 0.958. The molecule has 0 amide bonds. The van der Waals surface area contributed by atoms with E-state index in [0.717, 1.165) is 10.4 Å². The summed E-state index contributed by atoms with van der Waals surface area (Å²) in [7, 11) is -1.73. The van der Waals surface area contributed by atoms with Gasteiger partial charge in [0.05, 0.1) is 6.54 Å². The van der Waals surface area contributed by atoms with E-state index < -0.39 is 10.0 Å². The van der Waals surface area contributed by atoms with Crippen LogP contribution in [-0.4, -0.2) is 25.6 Å². The van der Waals surface area contributed by atoms with Gasteiger partial charge >= 0.3 is 0 Å². The minimum Gasteiger partial charge on any atom is -0.340 e. The van der Waals surface area contributed by atoms with Gasteiger partial charge in [-0.25, -0.2) is 13.1 Å². The van der Waals surface area contributed by atoms with Gasteiger partial charge in [0.25, 0.3) is 0 Å². The molecule has 2 N–H and O–H groups in total. The SMILES string of the molecule is CNCc1sc(S(=O)(=O)NCc2noc(C)n2)cc1C. The average molecular weight is 316 g/mol. The van der Waals surface area contributed by atoms with Gasteiger partial charge < -0.3 is 9.84 Å². The molecule has 0 aliphatic rings. The molecule has 0 aliphatic heterocycles. The molecule has 0 aliphatic carbocycles. The molecule has 20 heavy (non-hydrogen) atoms. The zero-order chi connectivity index (χ0) is 14.8. The molecule has 2 heterocycles. The summed E-state index contributed by atoms with van der Waals surface area (Å²) in [5, 5.41) is 6.66. The van der Waals surface area contributed by atoms with Gasteiger partial charge in [-0.2, -0.15) is 4.98 Å². The van der Waals surface area contributed by atoms with Crippen LogP contribution in [0.3, 0.4) is 0 Å². The molecule has 9 heteroatoms. The molecule has 2 aromatic rings. The van der Waals surface area contributed by atoms with Crippen LogP contribution in [0.5, 0.6) is 0 Å². The van der Waals surface area contributed by atoms with Crippen molar-refractivity contribution in [3.05, 3.63) is 28.2 Å². The van der Waals surface area contributed by atoms with Crippen LogP contribution in [0.1, 0.15) is 22.2 Å². The maximum atomic E-state index is 12.2. The van der Waals surface area contributed by atoms with E-state index in [1.165, 1.54) is 11.3 Å². The van der Waals surface area contributed by atoms with Gasteiger partial charge in [-0.15, -0.1) is 11.3 Å². The Morgan fingerprint density at radius 3 is 2.70 bits per heavy atom. The van der Waals surface area contributed by atoms with Crippen LogP contribution < -0.4 is 10.0 Å². The van der Waals surface area contributed by atoms with E-state index in [-0.39, 0.29) is 6.54 Å². The van der Waals surface area contributed by atoms with E-state index in [4.69, 9.17) is 4.52 Å². The monoisotopic (exact) mass is 316 g/mol. The summed E-state index contributed by atoms with van der Waals surface area (Å²) >= 11 is 1.25. The van der Waals surface area contributed by atoms with Gasteiger partial charge in [0.2, 0.25) is 15.9 Å². The van der Waals surface area contributed by atoms with Crippen molar-refractivity contribution in [2.45, 2.75) is 31.1 Å². The Bertz CT molecular complexity index is 690. The van der Waals surface area contributed by atoms with Crippen LogP contribution in [0.15, 0.2) is 14.8 Å². The van der Waals surface area contributed by atoms with Crippen molar-refractivity contribution < 1.29 is 12.9 Å². The fourth-order valence-electron chi connectivity index (χ4n) is 1.60. The van der Waals surface area contributed by atoms with Gasteiger partial charge in [0.1, 0.15) is 4.21 Å². The summed E-state index contributed by atoms with van der Waals surface area (Å²) in [6.45, 7) is 4.20. The van der Waals surface area contributed by atoms with Gasteiger partial charge in [-0.1, -0.05) is 5.16 Å². The number of hydrogen-bond acceptors (Lipinski definition) is 7. The molecule has 0 aromatic carbocycles. The lowest BCUT2D eigenvalue weighted by atomic mass is 10.3. The number of nitrogens with one attached hydrogen (secondary N) is 2. The third kappa shape index (κ3) is 3.42. The molecular formula is C11H16N4O3S2. The Morgan fingerprint density at radius 2 is 2.10 bits per heavy atom. The van der Waals surface area contributed by atoms with Gasteiger partial charge in [-0.05, 0) is 25.6 Å². The molecule has 2 aromatic heterocycles. The lowest BCUT2D eigenvalue weighted by Gasteiger charge is -2.01. The smallest absolute Gasteiger partial charge is 0.250 e. The quantitative estimate of drug-likeness (QED) is 0.823. The molecule has 0 atom stereocenters. The highest BCUT2D eigenvalue weighted by molar-refractivity contribution is 7.91. The second-order valence-electron chi connectivity index (χ2n) is 4.26. The molecule has 2 rings (SSSR count). The minimum atomic E-state index is -3.55. The first-order valence-corrected chi connectivity index (χ1v) is 8.25. The van der Waals surface area contributed by atoms with Crippen LogP contribution in [0, 0.1) is 13.8 Å². The molecule has 0 radical (unpaired) electrons. The highest BCUT2D eigenvalue weighted by Gasteiger charge is 2.19. The van der Waals surface area contributed by atoms with Crippen LogP contribution in [0.4, 0.5) is 0 Å². The first-order chi connectivity index (χ1) is 9.42. The Hall–Kier alpha value is -1.29. The Kier molecular flexibility index (Phi) is 4.53. The van der Waals surface area contributed by atoms with Gasteiger partial charge in [0.15, 0.2) is 5.82 Å². The summed E-state index contributed by atoms with van der Waals surface area (Å²) in [6, 6.07) is 1.67. The molecule has 0 saturated heterocycles. The van der Waals surface area contributed by atoms with Crippen LogP contribution in [0.2, 0.25) is 0 Å². The number of hydrogen-bond donors (Lipinski definition) is 2. The Morgan fingerprint density at radius 1 is 1.35 bits per heavy atom. The van der Waals surface area contributed by atoms with E-state index >= 15 is 0 Å². The highest BCUT2D eigenvalue weighted by atomic mass is 32.2. The van der Waals surface area contributed by atoms with Crippen molar-refractivity contribution in [1.29, 1.82) is 0 Å². The predicted octanol–water partition coefficient (Wildman–Crippen LogP) is 0.946. The predicted molar refractivity (Wildman–Crippen MR) is 74.9 cm³/mol. The topological polar surface area (TPSA) is 97.1 Å².